The van der Waals surface area contributed by atoms with Gasteiger partial charge >= 0.3 is 11.9 Å². The van der Waals surface area contributed by atoms with E-state index in [1.165, 1.54) is 19.9 Å². The minimum Gasteiger partial charge on any atom is -0.463 e. The van der Waals surface area contributed by atoms with Crippen molar-refractivity contribution in [2.75, 3.05) is 19.8 Å². The smallest absolute Gasteiger partial charge is 0.333 e. The van der Waals surface area contributed by atoms with Gasteiger partial charge in [0.1, 0.15) is 62.0 Å². The van der Waals surface area contributed by atoms with E-state index in [-0.39, 0.29) is 24.0 Å². The van der Waals surface area contributed by atoms with Crippen molar-refractivity contribution in [2.24, 2.45) is 35.5 Å². The van der Waals surface area contributed by atoms with E-state index < -0.39 is 110 Å². The molecule has 10 N–H and O–H groups in total. The Kier molecular flexibility index (Phi) is 24.3. The fourth-order valence-corrected chi connectivity index (χ4v) is 7.55. The van der Waals surface area contributed by atoms with Crippen LogP contribution in [0.1, 0.15) is 95.4 Å². The molecule has 0 spiro atoms. The second-order valence-corrected chi connectivity index (χ2v) is 17.0. The zero-order valence-corrected chi connectivity index (χ0v) is 36.8. The first-order valence-electron chi connectivity index (χ1n) is 20.8. The monoisotopic (exact) mass is 849 g/mol. The Morgan fingerprint density at radius 2 is 1.20 bits per heavy atom. The molecule has 0 bridgehead atoms. The normalized spacial score (nSPS) is 27.5. The van der Waals surface area contributed by atoms with E-state index in [1.807, 2.05) is 19.9 Å². The van der Waals surface area contributed by atoms with Crippen LogP contribution in [0, 0.1) is 35.5 Å². The van der Waals surface area contributed by atoms with E-state index in [2.05, 4.69) is 20.8 Å². The van der Waals surface area contributed by atoms with E-state index in [0.29, 0.717) is 23.0 Å². The summed E-state index contributed by atoms with van der Waals surface area (Å²) in [5.74, 6) is -2.10. The highest BCUT2D eigenvalue weighted by atomic mass is 16.7. The highest BCUT2D eigenvalue weighted by molar-refractivity contribution is 5.87. The lowest BCUT2D eigenvalue weighted by Crippen LogP contribution is -2.60. The van der Waals surface area contributed by atoms with E-state index >= 15 is 0 Å². The molecule has 18 atom stereocenters. The SMILES string of the molecule is CC[C@H](C)C[C@H](C)C[C@H](C)[C@@H](O[C@@H]1O[C@H](COC(C)=O)[C@@H](O)[C@H](O)[C@@H]1O)[C@@H](C)C=C(C)[C@@H](O)[C@@H](C)C=C(C)[C@@H](O)[C@@H](C)C=C(C)C(=O)OC[C@@H](O)[C@@H](O)[C@H](O)[C@H](O)CO. The fraction of sp³-hybridized carbons (Fsp3) is 0.814. The predicted molar refractivity (Wildman–Crippen MR) is 218 cm³/mol. The molecule has 0 radical (unpaired) electrons. The summed E-state index contributed by atoms with van der Waals surface area (Å²) in [4.78, 5) is 24.0. The molecule has 0 amide bonds. The molecule has 16 nitrogen and oxygen atoms in total. The molecule has 0 unspecified atom stereocenters. The second kappa shape index (κ2) is 26.2. The molecule has 1 saturated heterocycles. The van der Waals surface area contributed by atoms with Gasteiger partial charge in [0.25, 0.3) is 0 Å². The first-order chi connectivity index (χ1) is 27.4. The highest BCUT2D eigenvalue weighted by Crippen LogP contribution is 2.33. The zero-order valence-electron chi connectivity index (χ0n) is 36.8. The van der Waals surface area contributed by atoms with Crippen LogP contribution in [0.2, 0.25) is 0 Å². The molecule has 1 aliphatic heterocycles. The van der Waals surface area contributed by atoms with E-state index in [4.69, 9.17) is 24.1 Å². The van der Waals surface area contributed by atoms with Gasteiger partial charge in [-0.15, -0.1) is 0 Å². The van der Waals surface area contributed by atoms with Gasteiger partial charge in [0.2, 0.25) is 0 Å². The molecule has 16 heteroatoms. The van der Waals surface area contributed by atoms with Crippen LogP contribution in [0.4, 0.5) is 0 Å². The van der Waals surface area contributed by atoms with E-state index in [1.54, 1.807) is 33.8 Å². The lowest BCUT2D eigenvalue weighted by molar-refractivity contribution is -0.317. The molecule has 0 aliphatic carbocycles. The first-order valence-corrected chi connectivity index (χ1v) is 20.8. The zero-order chi connectivity index (χ0) is 45.5. The molecule has 59 heavy (non-hydrogen) atoms. The number of carbonyl (C=O) groups excluding carboxylic acids is 2. The standard InChI is InChI=1S/C43H76O16/c1-12-21(2)13-22(3)14-27(8)41(59-43-40(54)39(53)38(52)33(58-43)20-56-30(11)45)28(9)16-25(6)34(48)23(4)15-24(5)35(49)26(7)17-29(10)42(55)57-19-32(47)37(51)36(50)31(46)18-44/h15-17,21-23,26-28,31-41,43-44,46-54H,12-14,18-20H2,1-11H3/t21-,22-,23-,26-,27-,28-,31+,32+,33+,34-,35+,36+,37+,38+,39-,40-,41+,43-/m0/s1. The number of hydrogen-bond donors (Lipinski definition) is 10. The van der Waals surface area contributed by atoms with Gasteiger partial charge < -0.3 is 70.0 Å². The summed E-state index contributed by atoms with van der Waals surface area (Å²) in [5, 5.41) is 103. The van der Waals surface area contributed by atoms with Gasteiger partial charge in [-0.1, -0.05) is 73.1 Å². The minimum atomic E-state index is -1.89. The third-order valence-electron chi connectivity index (χ3n) is 11.3. The van der Waals surface area contributed by atoms with Crippen LogP contribution in [0.5, 0.6) is 0 Å². The predicted octanol–water partition coefficient (Wildman–Crippen LogP) is 1.29. The fourth-order valence-electron chi connectivity index (χ4n) is 7.55. The number of carbonyl (C=O) groups is 2. The van der Waals surface area contributed by atoms with E-state index in [9.17, 15) is 55.5 Å². The topological polar surface area (TPSA) is 273 Å². The molecular formula is C43H76O16. The maximum atomic E-state index is 12.6. The van der Waals surface area contributed by atoms with Crippen LogP contribution in [0.3, 0.4) is 0 Å². The summed E-state index contributed by atoms with van der Waals surface area (Å²) < 4.78 is 22.4. The molecule has 0 aromatic heterocycles. The summed E-state index contributed by atoms with van der Waals surface area (Å²) in [5.41, 5.74) is 1.23. The summed E-state index contributed by atoms with van der Waals surface area (Å²) in [6.07, 6.45) is -9.18. The minimum absolute atomic E-state index is 0.0857. The van der Waals surface area contributed by atoms with Crippen molar-refractivity contribution < 1.29 is 79.6 Å². The maximum Gasteiger partial charge on any atom is 0.333 e. The molecular weight excluding hydrogens is 772 g/mol. The number of ether oxygens (including phenoxy) is 4. The number of aliphatic hydroxyl groups is 10. The molecule has 1 heterocycles. The van der Waals surface area contributed by atoms with Crippen LogP contribution in [0.25, 0.3) is 0 Å². The van der Waals surface area contributed by atoms with Crippen LogP contribution in [0.15, 0.2) is 34.9 Å². The van der Waals surface area contributed by atoms with Crippen molar-refractivity contribution in [3.63, 3.8) is 0 Å². The van der Waals surface area contributed by atoms with Gasteiger partial charge in [-0.3, -0.25) is 4.79 Å². The summed E-state index contributed by atoms with van der Waals surface area (Å²) in [6, 6.07) is 0. The average molecular weight is 849 g/mol. The Labute approximate surface area is 350 Å². The quantitative estimate of drug-likeness (QED) is 0.0352. The second-order valence-electron chi connectivity index (χ2n) is 17.0. The van der Waals surface area contributed by atoms with Crippen molar-refractivity contribution in [1.29, 1.82) is 0 Å². The van der Waals surface area contributed by atoms with Crippen molar-refractivity contribution in [2.45, 2.75) is 169 Å². The maximum absolute atomic E-state index is 12.6. The number of hydrogen-bond acceptors (Lipinski definition) is 16. The summed E-state index contributed by atoms with van der Waals surface area (Å²) >= 11 is 0. The third kappa shape index (κ3) is 17.5. The lowest BCUT2D eigenvalue weighted by atomic mass is 9.82. The summed E-state index contributed by atoms with van der Waals surface area (Å²) in [6.45, 7) is 18.1. The first kappa shape index (κ1) is 54.7. The van der Waals surface area contributed by atoms with Crippen LogP contribution < -0.4 is 0 Å². The van der Waals surface area contributed by atoms with Gasteiger partial charge in [0, 0.05) is 30.3 Å². The molecule has 0 aromatic rings. The lowest BCUT2D eigenvalue weighted by Gasteiger charge is -2.43. The van der Waals surface area contributed by atoms with Crippen molar-refractivity contribution in [1.82, 2.24) is 0 Å². The number of rotatable bonds is 25. The van der Waals surface area contributed by atoms with Gasteiger partial charge in [0.05, 0.1) is 24.9 Å². The molecule has 1 fully saturated rings. The number of esters is 2. The van der Waals surface area contributed by atoms with Gasteiger partial charge in [-0.2, -0.15) is 0 Å². The van der Waals surface area contributed by atoms with Crippen LogP contribution >= 0.6 is 0 Å². The largest absolute Gasteiger partial charge is 0.463 e. The third-order valence-corrected chi connectivity index (χ3v) is 11.3. The average Bonchev–Trinajstić information content (AvgIpc) is 3.18. The Hall–Kier alpha value is -2.32. The Balaban J connectivity index is 3.18. The van der Waals surface area contributed by atoms with Gasteiger partial charge in [0.15, 0.2) is 6.29 Å². The molecule has 344 valence electrons. The molecule has 0 saturated carbocycles. The number of aliphatic hydroxyl groups excluding tert-OH is 10. The molecule has 1 aliphatic rings. The Morgan fingerprint density at radius 3 is 1.73 bits per heavy atom. The van der Waals surface area contributed by atoms with Crippen molar-refractivity contribution in [3.8, 4) is 0 Å². The van der Waals surface area contributed by atoms with Crippen molar-refractivity contribution >= 4 is 11.9 Å². The van der Waals surface area contributed by atoms with Gasteiger partial charge in [-0.05, 0) is 62.5 Å². The van der Waals surface area contributed by atoms with Crippen molar-refractivity contribution in [3.05, 3.63) is 34.9 Å². The summed E-state index contributed by atoms with van der Waals surface area (Å²) in [7, 11) is 0. The Morgan fingerprint density at radius 1 is 0.678 bits per heavy atom. The van der Waals surface area contributed by atoms with E-state index in [0.717, 1.165) is 19.3 Å². The van der Waals surface area contributed by atoms with Gasteiger partial charge in [-0.25, -0.2) is 4.79 Å². The molecule has 1 rings (SSSR count). The Bertz CT molecular complexity index is 1350. The van der Waals surface area contributed by atoms with Crippen LogP contribution in [-0.2, 0) is 28.5 Å². The highest BCUT2D eigenvalue weighted by Gasteiger charge is 2.46. The van der Waals surface area contributed by atoms with Crippen LogP contribution in [-0.4, -0.2) is 156 Å². The molecule has 0 aromatic carbocycles.